The van der Waals surface area contributed by atoms with Crippen LogP contribution in [0.15, 0.2) is 24.3 Å². The summed E-state index contributed by atoms with van der Waals surface area (Å²) in [4.78, 5) is 11.2. The van der Waals surface area contributed by atoms with Crippen LogP contribution in [0.1, 0.15) is 46.0 Å². The van der Waals surface area contributed by atoms with Gasteiger partial charge in [-0.1, -0.05) is 44.4 Å². The Labute approximate surface area is 93.0 Å². The Hall–Kier alpha value is -1.05. The Bertz CT molecular complexity index is 205. The molecular formula is C13H22O2. The molecule has 0 aliphatic heterocycles. The van der Waals surface area contributed by atoms with Crippen LogP contribution in [0, 0.1) is 0 Å². The SMILES string of the molecule is C/C=C\C=C\COC(=O)CCCCCC. The van der Waals surface area contributed by atoms with Crippen LogP contribution in [0.3, 0.4) is 0 Å². The normalized spacial score (nSPS) is 11.3. The first-order valence-corrected chi connectivity index (χ1v) is 5.74. The fraction of sp³-hybridized carbons (Fsp3) is 0.615. The molecule has 0 rings (SSSR count). The lowest BCUT2D eigenvalue weighted by Gasteiger charge is -2.00. The second-order valence-electron chi connectivity index (χ2n) is 3.45. The third-order valence-electron chi connectivity index (χ3n) is 2.01. The topological polar surface area (TPSA) is 26.3 Å². The lowest BCUT2D eigenvalue weighted by Crippen LogP contribution is -2.03. The Kier molecular flexibility index (Phi) is 10.3. The zero-order chi connectivity index (χ0) is 11.4. The lowest BCUT2D eigenvalue weighted by atomic mass is 10.2. The molecule has 2 heteroatoms. The Morgan fingerprint density at radius 1 is 1.20 bits per heavy atom. The highest BCUT2D eigenvalue weighted by atomic mass is 16.5. The van der Waals surface area contributed by atoms with E-state index in [2.05, 4.69) is 6.92 Å². The molecule has 0 saturated carbocycles. The van der Waals surface area contributed by atoms with Crippen molar-refractivity contribution in [3.05, 3.63) is 24.3 Å². The van der Waals surface area contributed by atoms with Gasteiger partial charge in [-0.3, -0.25) is 4.79 Å². The summed E-state index contributed by atoms with van der Waals surface area (Å²) in [5, 5.41) is 0. The average molecular weight is 210 g/mol. The van der Waals surface area contributed by atoms with Crippen LogP contribution in [-0.2, 0) is 9.53 Å². The molecule has 0 amide bonds. The van der Waals surface area contributed by atoms with E-state index in [0.29, 0.717) is 13.0 Å². The summed E-state index contributed by atoms with van der Waals surface area (Å²) in [6.07, 6.45) is 12.6. The van der Waals surface area contributed by atoms with Crippen molar-refractivity contribution < 1.29 is 9.53 Å². The highest BCUT2D eigenvalue weighted by Crippen LogP contribution is 2.03. The van der Waals surface area contributed by atoms with Crippen molar-refractivity contribution in [1.29, 1.82) is 0 Å². The van der Waals surface area contributed by atoms with Gasteiger partial charge in [0.1, 0.15) is 6.61 Å². The molecule has 0 radical (unpaired) electrons. The van der Waals surface area contributed by atoms with E-state index < -0.39 is 0 Å². The smallest absolute Gasteiger partial charge is 0.306 e. The number of carbonyl (C=O) groups excluding carboxylic acids is 1. The van der Waals surface area contributed by atoms with Crippen LogP contribution in [0.5, 0.6) is 0 Å². The number of hydrogen-bond donors (Lipinski definition) is 0. The molecule has 0 unspecified atom stereocenters. The minimum atomic E-state index is -0.0868. The van der Waals surface area contributed by atoms with Crippen LogP contribution in [0.2, 0.25) is 0 Å². The second kappa shape index (κ2) is 11.0. The third kappa shape index (κ3) is 10.9. The molecule has 0 saturated heterocycles. The molecule has 0 fully saturated rings. The standard InChI is InChI=1S/C13H22O2/c1-3-5-7-9-11-13(14)15-12-10-8-6-4-2/h4,6,8,10H,3,5,7,9,11-12H2,1-2H3/b6-4-,10-8+. The summed E-state index contributed by atoms with van der Waals surface area (Å²) in [5.41, 5.74) is 0. The zero-order valence-electron chi connectivity index (χ0n) is 9.87. The molecule has 0 heterocycles. The van der Waals surface area contributed by atoms with Crippen LogP contribution < -0.4 is 0 Å². The van der Waals surface area contributed by atoms with E-state index in [1.165, 1.54) is 12.8 Å². The number of allylic oxidation sites excluding steroid dienone is 3. The molecule has 0 aliphatic carbocycles. The summed E-state index contributed by atoms with van der Waals surface area (Å²) < 4.78 is 5.01. The van der Waals surface area contributed by atoms with Gasteiger partial charge in [-0.05, 0) is 19.4 Å². The number of ether oxygens (including phenoxy) is 1. The molecule has 0 bridgehead atoms. The van der Waals surface area contributed by atoms with E-state index in [9.17, 15) is 4.79 Å². The van der Waals surface area contributed by atoms with Crippen molar-refractivity contribution >= 4 is 5.97 Å². The monoisotopic (exact) mass is 210 g/mol. The van der Waals surface area contributed by atoms with Crippen LogP contribution in [-0.4, -0.2) is 12.6 Å². The van der Waals surface area contributed by atoms with Crippen molar-refractivity contribution in [2.75, 3.05) is 6.61 Å². The first-order chi connectivity index (χ1) is 7.31. The maximum atomic E-state index is 11.2. The maximum absolute atomic E-state index is 11.2. The van der Waals surface area contributed by atoms with E-state index in [1.54, 1.807) is 0 Å². The largest absolute Gasteiger partial charge is 0.461 e. The number of unbranched alkanes of at least 4 members (excludes halogenated alkanes) is 3. The molecule has 0 aromatic carbocycles. The quantitative estimate of drug-likeness (QED) is 0.347. The zero-order valence-corrected chi connectivity index (χ0v) is 9.87. The molecule has 2 nitrogen and oxygen atoms in total. The third-order valence-corrected chi connectivity index (χ3v) is 2.01. The molecule has 0 aliphatic rings. The first kappa shape index (κ1) is 13.9. The number of carbonyl (C=O) groups is 1. The first-order valence-electron chi connectivity index (χ1n) is 5.74. The van der Waals surface area contributed by atoms with E-state index in [4.69, 9.17) is 4.74 Å². The molecule has 0 N–H and O–H groups in total. The molecule has 0 aromatic heterocycles. The summed E-state index contributed by atoms with van der Waals surface area (Å²) >= 11 is 0. The second-order valence-corrected chi connectivity index (χ2v) is 3.45. The van der Waals surface area contributed by atoms with Gasteiger partial charge < -0.3 is 4.74 Å². The van der Waals surface area contributed by atoms with Gasteiger partial charge in [0.15, 0.2) is 0 Å². The van der Waals surface area contributed by atoms with Crippen molar-refractivity contribution in [3.63, 3.8) is 0 Å². The molecule has 0 atom stereocenters. The van der Waals surface area contributed by atoms with Gasteiger partial charge in [-0.15, -0.1) is 0 Å². The van der Waals surface area contributed by atoms with Gasteiger partial charge in [0.05, 0.1) is 0 Å². The highest BCUT2D eigenvalue weighted by molar-refractivity contribution is 5.69. The van der Waals surface area contributed by atoms with E-state index in [0.717, 1.165) is 12.8 Å². The van der Waals surface area contributed by atoms with Crippen molar-refractivity contribution in [3.8, 4) is 0 Å². The maximum Gasteiger partial charge on any atom is 0.306 e. The van der Waals surface area contributed by atoms with Crippen molar-refractivity contribution in [2.45, 2.75) is 46.0 Å². The molecule has 86 valence electrons. The van der Waals surface area contributed by atoms with Gasteiger partial charge in [-0.25, -0.2) is 0 Å². The molecule has 15 heavy (non-hydrogen) atoms. The predicted molar refractivity (Wildman–Crippen MR) is 63.7 cm³/mol. The Balaban J connectivity index is 3.33. The van der Waals surface area contributed by atoms with Gasteiger partial charge in [0.2, 0.25) is 0 Å². The number of esters is 1. The van der Waals surface area contributed by atoms with E-state index in [1.807, 2.05) is 31.2 Å². The van der Waals surface area contributed by atoms with E-state index in [-0.39, 0.29) is 5.97 Å². The summed E-state index contributed by atoms with van der Waals surface area (Å²) in [5.74, 6) is -0.0868. The molecule has 0 spiro atoms. The minimum absolute atomic E-state index is 0.0868. The molecular weight excluding hydrogens is 188 g/mol. The van der Waals surface area contributed by atoms with E-state index >= 15 is 0 Å². The van der Waals surface area contributed by atoms with Crippen LogP contribution >= 0.6 is 0 Å². The van der Waals surface area contributed by atoms with Gasteiger partial charge in [0.25, 0.3) is 0 Å². The number of hydrogen-bond acceptors (Lipinski definition) is 2. The summed E-state index contributed by atoms with van der Waals surface area (Å²) in [7, 11) is 0. The van der Waals surface area contributed by atoms with Gasteiger partial charge in [0, 0.05) is 6.42 Å². The van der Waals surface area contributed by atoms with Crippen molar-refractivity contribution in [1.82, 2.24) is 0 Å². The average Bonchev–Trinajstić information content (AvgIpc) is 2.24. The van der Waals surface area contributed by atoms with Gasteiger partial charge in [-0.2, -0.15) is 0 Å². The van der Waals surface area contributed by atoms with Crippen LogP contribution in [0.25, 0.3) is 0 Å². The van der Waals surface area contributed by atoms with Gasteiger partial charge >= 0.3 is 5.97 Å². The van der Waals surface area contributed by atoms with Crippen LogP contribution in [0.4, 0.5) is 0 Å². The Morgan fingerprint density at radius 3 is 2.67 bits per heavy atom. The predicted octanol–water partition coefficient (Wildman–Crippen LogP) is 3.63. The van der Waals surface area contributed by atoms with Crippen molar-refractivity contribution in [2.24, 2.45) is 0 Å². The lowest BCUT2D eigenvalue weighted by molar-refractivity contribution is -0.142. The fourth-order valence-electron chi connectivity index (χ4n) is 1.15. The minimum Gasteiger partial charge on any atom is -0.461 e. The Morgan fingerprint density at radius 2 is 2.00 bits per heavy atom. The summed E-state index contributed by atoms with van der Waals surface area (Å²) in [6.45, 7) is 4.49. The summed E-state index contributed by atoms with van der Waals surface area (Å²) in [6, 6.07) is 0. The molecule has 0 aromatic rings. The number of rotatable bonds is 8. The highest BCUT2D eigenvalue weighted by Gasteiger charge is 1.99. The fourth-order valence-corrected chi connectivity index (χ4v) is 1.15.